The molecule has 5 atom stereocenters. The van der Waals surface area contributed by atoms with Crippen LogP contribution in [-0.2, 0) is 5.41 Å². The highest BCUT2D eigenvalue weighted by atomic mass is 16.3. The van der Waals surface area contributed by atoms with E-state index in [1.54, 1.807) is 11.1 Å². The summed E-state index contributed by atoms with van der Waals surface area (Å²) in [4.78, 5) is 2.44. The smallest absolute Gasteiger partial charge is 0.137 e. The van der Waals surface area contributed by atoms with Gasteiger partial charge in [0, 0.05) is 39.3 Å². The first kappa shape index (κ1) is 31.8. The number of furan rings is 1. The van der Waals surface area contributed by atoms with E-state index in [-0.39, 0.29) is 5.41 Å². The second-order valence-electron chi connectivity index (χ2n) is 17.3. The molecule has 1 heterocycles. The van der Waals surface area contributed by atoms with Crippen LogP contribution in [-0.4, -0.2) is 0 Å². The van der Waals surface area contributed by atoms with Crippen molar-refractivity contribution < 1.29 is 4.42 Å². The molecule has 1 spiro atoms. The second-order valence-corrected chi connectivity index (χ2v) is 17.3. The molecule has 8 aromatic carbocycles. The van der Waals surface area contributed by atoms with E-state index >= 15 is 0 Å². The predicted molar refractivity (Wildman–Crippen MR) is 235 cm³/mol. The van der Waals surface area contributed by atoms with E-state index in [1.807, 2.05) is 0 Å². The highest BCUT2D eigenvalue weighted by Gasteiger charge is 2.66. The summed E-state index contributed by atoms with van der Waals surface area (Å²) >= 11 is 0. The number of para-hydroxylation sites is 1. The molecule has 57 heavy (non-hydrogen) atoms. The van der Waals surface area contributed by atoms with Gasteiger partial charge in [-0.15, -0.1) is 0 Å². The highest BCUT2D eigenvalue weighted by molar-refractivity contribution is 6.06. The molecule has 5 unspecified atom stereocenters. The van der Waals surface area contributed by atoms with Crippen molar-refractivity contribution in [2.75, 3.05) is 4.90 Å². The number of hydrogen-bond donors (Lipinski definition) is 0. The lowest BCUT2D eigenvalue weighted by Crippen LogP contribution is -2.40. The fraction of sp³-hybridized carbons (Fsp3) is 0.164. The van der Waals surface area contributed by atoms with Gasteiger partial charge in [-0.2, -0.15) is 0 Å². The van der Waals surface area contributed by atoms with Gasteiger partial charge in [-0.3, -0.25) is 0 Å². The first-order valence-electron chi connectivity index (χ1n) is 20.9. The minimum atomic E-state index is 0.102. The van der Waals surface area contributed by atoms with E-state index in [2.05, 4.69) is 181 Å². The van der Waals surface area contributed by atoms with Crippen LogP contribution >= 0.6 is 0 Å². The molecule has 0 radical (unpaired) electrons. The Morgan fingerprint density at radius 2 is 1.21 bits per heavy atom. The minimum Gasteiger partial charge on any atom is -0.456 e. The molecule has 1 aromatic heterocycles. The molecule has 14 rings (SSSR count). The monoisotopic (exact) mass is 731 g/mol. The molecular weight excluding hydrogens is 691 g/mol. The van der Waals surface area contributed by atoms with Crippen molar-refractivity contribution >= 4 is 49.8 Å². The van der Waals surface area contributed by atoms with Crippen LogP contribution in [0, 0.1) is 23.7 Å². The molecule has 272 valence electrons. The molecule has 4 bridgehead atoms. The van der Waals surface area contributed by atoms with Crippen LogP contribution in [0.5, 0.6) is 0 Å². The van der Waals surface area contributed by atoms with Gasteiger partial charge in [0.05, 0.1) is 0 Å². The second kappa shape index (κ2) is 11.8. The summed E-state index contributed by atoms with van der Waals surface area (Å²) in [6, 6.07) is 65.5. The topological polar surface area (TPSA) is 16.4 Å². The number of fused-ring (bicyclic) bond motifs is 7. The molecule has 5 aliphatic carbocycles. The van der Waals surface area contributed by atoms with Gasteiger partial charge in [0.15, 0.2) is 0 Å². The Hall–Kier alpha value is -6.38. The lowest BCUT2D eigenvalue weighted by molar-refractivity contribution is 0.191. The van der Waals surface area contributed by atoms with Crippen LogP contribution in [0.15, 0.2) is 180 Å². The predicted octanol–water partition coefficient (Wildman–Crippen LogP) is 14.9. The molecule has 0 saturated heterocycles. The van der Waals surface area contributed by atoms with E-state index in [1.165, 1.54) is 75.5 Å². The third-order valence-corrected chi connectivity index (χ3v) is 14.6. The van der Waals surface area contributed by atoms with Crippen molar-refractivity contribution in [1.82, 2.24) is 0 Å². The Morgan fingerprint density at radius 3 is 2.11 bits per heavy atom. The molecule has 4 saturated carbocycles. The number of rotatable bonds is 5. The van der Waals surface area contributed by atoms with E-state index in [0.717, 1.165) is 51.1 Å². The minimum absolute atomic E-state index is 0.102. The molecule has 9 aromatic rings. The van der Waals surface area contributed by atoms with E-state index in [0.29, 0.717) is 5.92 Å². The van der Waals surface area contributed by atoms with Crippen LogP contribution in [0.1, 0.15) is 36.8 Å². The maximum atomic E-state index is 6.51. The van der Waals surface area contributed by atoms with Crippen LogP contribution in [0.25, 0.3) is 66.1 Å². The standard InChI is InChI=1S/C55H41NO/c1-2-10-37(11-3-1)45-14-8-15-50-54(45)48-32-43(24-26-49(48)55(50)41-28-34-27-40(31-41)51(55)29-34)56(44-23-25-47-46-13-6-7-16-52(46)57-53(47)33-44)42-21-19-36(20-22-42)39-18-17-35-9-4-5-12-38(35)30-39/h1-26,30,32-34,40-41,51H,27-29,31H2. The summed E-state index contributed by atoms with van der Waals surface area (Å²) in [5.41, 5.74) is 16.4. The number of nitrogens with zero attached hydrogens (tertiary/aromatic N) is 1. The molecule has 5 aliphatic rings. The average molecular weight is 732 g/mol. The zero-order valence-corrected chi connectivity index (χ0v) is 31.7. The molecule has 0 N–H and O–H groups in total. The van der Waals surface area contributed by atoms with Crippen LogP contribution in [0.4, 0.5) is 17.1 Å². The first-order chi connectivity index (χ1) is 28.2. The quantitative estimate of drug-likeness (QED) is 0.175. The van der Waals surface area contributed by atoms with Crippen molar-refractivity contribution in [1.29, 1.82) is 0 Å². The summed E-state index contributed by atoms with van der Waals surface area (Å²) in [6.07, 6.45) is 5.56. The Bertz CT molecular complexity index is 3060. The molecule has 0 amide bonds. The third-order valence-electron chi connectivity index (χ3n) is 14.6. The van der Waals surface area contributed by atoms with Crippen molar-refractivity contribution in [3.63, 3.8) is 0 Å². The fourth-order valence-corrected chi connectivity index (χ4v) is 12.5. The maximum absolute atomic E-state index is 6.51. The van der Waals surface area contributed by atoms with Gasteiger partial charge in [-0.25, -0.2) is 0 Å². The average Bonchev–Trinajstić information content (AvgIpc) is 3.95. The highest BCUT2D eigenvalue weighted by Crippen LogP contribution is 2.73. The van der Waals surface area contributed by atoms with Gasteiger partial charge in [0.1, 0.15) is 11.2 Å². The Kier molecular flexibility index (Phi) is 6.59. The van der Waals surface area contributed by atoms with E-state index < -0.39 is 0 Å². The Morgan fingerprint density at radius 1 is 0.456 bits per heavy atom. The SMILES string of the molecule is c1ccc(-c2cccc3c2-c2cc(N(c4ccc(-c5ccc6ccccc6c5)cc4)c4ccc5c(c4)oc4ccccc45)ccc2C32C3CC4CC(C3)C2C4)cc1. The van der Waals surface area contributed by atoms with E-state index in [9.17, 15) is 0 Å². The molecule has 2 nitrogen and oxygen atoms in total. The normalized spacial score (nSPS) is 22.5. The summed E-state index contributed by atoms with van der Waals surface area (Å²) in [5, 5.41) is 4.82. The molecule has 0 aliphatic heterocycles. The number of anilines is 3. The Balaban J connectivity index is 1.01. The van der Waals surface area contributed by atoms with Gasteiger partial charge < -0.3 is 9.32 Å². The zero-order chi connectivity index (χ0) is 37.2. The summed E-state index contributed by atoms with van der Waals surface area (Å²) in [5.74, 6) is 3.20. The van der Waals surface area contributed by atoms with E-state index in [4.69, 9.17) is 4.42 Å². The fourth-order valence-electron chi connectivity index (χ4n) is 12.5. The van der Waals surface area contributed by atoms with Crippen molar-refractivity contribution in [2.45, 2.75) is 31.1 Å². The van der Waals surface area contributed by atoms with Crippen LogP contribution < -0.4 is 4.90 Å². The largest absolute Gasteiger partial charge is 0.456 e. The van der Waals surface area contributed by atoms with Gasteiger partial charge in [-0.1, -0.05) is 121 Å². The first-order valence-corrected chi connectivity index (χ1v) is 20.9. The van der Waals surface area contributed by atoms with Crippen molar-refractivity contribution in [3.05, 3.63) is 187 Å². The van der Waals surface area contributed by atoms with Gasteiger partial charge in [0.2, 0.25) is 0 Å². The van der Waals surface area contributed by atoms with Crippen LogP contribution in [0.3, 0.4) is 0 Å². The third kappa shape index (κ3) is 4.47. The summed E-state index contributed by atoms with van der Waals surface area (Å²) in [7, 11) is 0. The number of benzene rings is 8. The molecule has 4 fully saturated rings. The summed E-state index contributed by atoms with van der Waals surface area (Å²) in [6.45, 7) is 0. The lowest BCUT2D eigenvalue weighted by atomic mass is 9.59. The zero-order valence-electron chi connectivity index (χ0n) is 31.7. The maximum Gasteiger partial charge on any atom is 0.137 e. The number of hydrogen-bond acceptors (Lipinski definition) is 2. The summed E-state index contributed by atoms with van der Waals surface area (Å²) < 4.78 is 6.51. The van der Waals surface area contributed by atoms with Crippen molar-refractivity contribution in [2.24, 2.45) is 23.7 Å². The van der Waals surface area contributed by atoms with Crippen molar-refractivity contribution in [3.8, 4) is 33.4 Å². The van der Waals surface area contributed by atoms with Gasteiger partial charge in [0.25, 0.3) is 0 Å². The lowest BCUT2D eigenvalue weighted by Gasteiger charge is -2.44. The Labute approximate surface area is 333 Å². The van der Waals surface area contributed by atoms with Gasteiger partial charge in [-0.05, 0) is 153 Å². The van der Waals surface area contributed by atoms with Crippen LogP contribution in [0.2, 0.25) is 0 Å². The molecule has 2 heteroatoms. The van der Waals surface area contributed by atoms with Gasteiger partial charge >= 0.3 is 0 Å². The molecular formula is C55H41NO.